The molecule has 2 saturated heterocycles. The van der Waals surface area contributed by atoms with Crippen molar-refractivity contribution in [1.82, 2.24) is 45.7 Å². The van der Waals surface area contributed by atoms with Crippen LogP contribution in [0.25, 0.3) is 11.2 Å². The monoisotopic (exact) mass is 804 g/mol. The second-order valence-corrected chi connectivity index (χ2v) is 14.9. The average Bonchev–Trinajstić information content (AvgIpc) is 3.82. The first-order chi connectivity index (χ1) is 28.8. The number of imidazole rings is 1. The molecule has 4 heterocycles. The molecule has 7 N–H and O–H groups in total. The molecule has 59 heavy (non-hydrogen) atoms. The quantitative estimate of drug-likeness (QED) is 0.0722. The Labute approximate surface area is 342 Å². The van der Waals surface area contributed by atoms with Gasteiger partial charge in [-0.15, -0.1) is 0 Å². The Hall–Kier alpha value is -5.94. The van der Waals surface area contributed by atoms with Gasteiger partial charge < -0.3 is 41.5 Å². The lowest BCUT2D eigenvalue weighted by Gasteiger charge is -2.32. The predicted octanol–water partition coefficient (Wildman–Crippen LogP) is 2.77. The molecule has 0 radical (unpaired) electrons. The van der Waals surface area contributed by atoms with Crippen LogP contribution in [0.5, 0.6) is 0 Å². The van der Waals surface area contributed by atoms with E-state index in [1.54, 1.807) is 6.92 Å². The van der Waals surface area contributed by atoms with Crippen molar-refractivity contribution in [2.75, 3.05) is 51.1 Å². The number of carbonyl (C=O) groups excluding carboxylic acids is 3. The summed E-state index contributed by atoms with van der Waals surface area (Å²) in [6.07, 6.45) is -2.23. The van der Waals surface area contributed by atoms with Crippen molar-refractivity contribution in [3.8, 4) is 0 Å². The fourth-order valence-electron chi connectivity index (χ4n) is 7.63. The zero-order chi connectivity index (χ0) is 41.1. The molecule has 3 aromatic carbocycles. The van der Waals surface area contributed by atoms with Crippen LogP contribution in [0, 0.1) is 5.92 Å². The van der Waals surface area contributed by atoms with Gasteiger partial charge in [0.05, 0.1) is 6.33 Å². The van der Waals surface area contributed by atoms with Gasteiger partial charge in [0.2, 0.25) is 5.82 Å². The summed E-state index contributed by atoms with van der Waals surface area (Å²) >= 11 is 0. The molecule has 2 aliphatic rings. The van der Waals surface area contributed by atoms with E-state index < -0.39 is 36.4 Å². The van der Waals surface area contributed by atoms with Crippen LogP contribution >= 0.6 is 0 Å². The number of piperidine rings is 1. The van der Waals surface area contributed by atoms with Gasteiger partial charge in [0.1, 0.15) is 12.2 Å². The molecular weight excluding hydrogens is 753 g/mol. The van der Waals surface area contributed by atoms with E-state index in [2.05, 4.69) is 70.7 Å². The second-order valence-electron chi connectivity index (χ2n) is 14.9. The summed E-state index contributed by atoms with van der Waals surface area (Å²) in [6, 6.07) is 30.1. The fourth-order valence-corrected chi connectivity index (χ4v) is 7.63. The number of anilines is 1. The molecule has 16 nitrogen and oxygen atoms in total. The number of aromatic nitrogens is 4. The minimum absolute atomic E-state index is 0.0978. The summed E-state index contributed by atoms with van der Waals surface area (Å²) in [7, 11) is 0. The third-order valence-corrected chi connectivity index (χ3v) is 10.8. The van der Waals surface area contributed by atoms with Crippen LogP contribution < -0.4 is 26.6 Å². The molecule has 0 bridgehead atoms. The van der Waals surface area contributed by atoms with Crippen molar-refractivity contribution in [2.24, 2.45) is 5.92 Å². The molecule has 0 aliphatic carbocycles. The smallest absolute Gasteiger partial charge is 0.314 e. The SMILES string of the molecule is CCNC(=O)C1OC(n2cnc3c(NCC(c4ccccc4)c4ccccc4)nc(C(=O)NCCNC(=O)NCC4CCN(Cc5ccccc5)CC4)nc32)C(O)C1O. The van der Waals surface area contributed by atoms with E-state index in [9.17, 15) is 24.6 Å². The Bertz CT molecular complexity index is 2110. The summed E-state index contributed by atoms with van der Waals surface area (Å²) in [5.41, 5.74) is 3.85. The molecule has 2 aliphatic heterocycles. The largest absolute Gasteiger partial charge is 0.387 e. The topological polar surface area (TPSA) is 208 Å². The highest BCUT2D eigenvalue weighted by atomic mass is 16.6. The van der Waals surface area contributed by atoms with E-state index >= 15 is 0 Å². The highest BCUT2D eigenvalue weighted by Gasteiger charge is 2.47. The standard InChI is InChI=1S/C43H52N10O6/c1-2-44-40(56)36-34(54)35(55)42(59-36)53-27-49-33-37(47-25-32(30-14-8-4-9-15-30)31-16-10-5-11-17-31)50-38(51-39(33)53)41(57)45-20-21-46-43(58)48-24-28-18-22-52(23-19-28)26-29-12-6-3-7-13-29/h3-17,27-28,32,34-36,42,54-55H,2,18-26H2,1H3,(H,44,56)(H,45,57)(H2,46,48,58)(H,47,50,51). The average molecular weight is 805 g/mol. The minimum atomic E-state index is -1.52. The molecule has 0 spiro atoms. The minimum Gasteiger partial charge on any atom is -0.387 e. The van der Waals surface area contributed by atoms with Crippen LogP contribution in [0.15, 0.2) is 97.3 Å². The van der Waals surface area contributed by atoms with Crippen molar-refractivity contribution in [3.05, 3.63) is 120 Å². The van der Waals surface area contributed by atoms with Crippen molar-refractivity contribution >= 4 is 34.8 Å². The molecule has 4 atom stereocenters. The Morgan fingerprint density at radius 2 is 1.46 bits per heavy atom. The van der Waals surface area contributed by atoms with Gasteiger partial charge in [-0.2, -0.15) is 0 Å². The number of aliphatic hydroxyl groups excluding tert-OH is 2. The highest BCUT2D eigenvalue weighted by molar-refractivity contribution is 5.94. The van der Waals surface area contributed by atoms with Crippen LogP contribution in [0.2, 0.25) is 0 Å². The number of likely N-dealkylation sites (N-methyl/N-ethyl adjacent to an activating group) is 1. The zero-order valence-electron chi connectivity index (χ0n) is 33.0. The van der Waals surface area contributed by atoms with Gasteiger partial charge in [0.15, 0.2) is 29.3 Å². The molecular formula is C43H52N10O6. The summed E-state index contributed by atoms with van der Waals surface area (Å²) in [6.45, 7) is 6.14. The van der Waals surface area contributed by atoms with E-state index in [1.807, 2.05) is 66.7 Å². The predicted molar refractivity (Wildman–Crippen MR) is 221 cm³/mol. The maximum Gasteiger partial charge on any atom is 0.314 e. The maximum absolute atomic E-state index is 13.6. The first-order valence-corrected chi connectivity index (χ1v) is 20.2. The fraction of sp³-hybridized carbons (Fsp3) is 0.395. The number of hydrogen-bond donors (Lipinski definition) is 7. The normalized spacial score (nSPS) is 19.7. The lowest BCUT2D eigenvalue weighted by atomic mass is 9.91. The third kappa shape index (κ3) is 10.2. The number of ether oxygens (including phenoxy) is 1. The number of nitrogens with one attached hydrogen (secondary N) is 5. The number of benzene rings is 3. The summed E-state index contributed by atoms with van der Waals surface area (Å²) < 4.78 is 7.26. The van der Waals surface area contributed by atoms with Crippen molar-refractivity contribution < 1.29 is 29.3 Å². The third-order valence-electron chi connectivity index (χ3n) is 10.8. The van der Waals surface area contributed by atoms with E-state index in [4.69, 9.17) is 4.74 Å². The first-order valence-electron chi connectivity index (χ1n) is 20.2. The van der Waals surface area contributed by atoms with Crippen LogP contribution in [0.1, 0.15) is 59.2 Å². The number of nitrogens with zero attached hydrogens (tertiary/aromatic N) is 5. The van der Waals surface area contributed by atoms with Crippen molar-refractivity contribution in [2.45, 2.75) is 56.8 Å². The van der Waals surface area contributed by atoms with E-state index in [1.165, 1.54) is 16.5 Å². The van der Waals surface area contributed by atoms with Gasteiger partial charge >= 0.3 is 6.03 Å². The Balaban J connectivity index is 1.01. The van der Waals surface area contributed by atoms with Gasteiger partial charge in [-0.3, -0.25) is 19.1 Å². The number of urea groups is 1. The molecule has 5 aromatic rings. The Morgan fingerprint density at radius 1 is 0.814 bits per heavy atom. The number of amides is 4. The number of fused-ring (bicyclic) bond motifs is 1. The lowest BCUT2D eigenvalue weighted by molar-refractivity contribution is -0.137. The maximum atomic E-state index is 13.6. The van der Waals surface area contributed by atoms with Crippen molar-refractivity contribution in [1.29, 1.82) is 0 Å². The van der Waals surface area contributed by atoms with Gasteiger partial charge in [-0.05, 0) is 55.5 Å². The van der Waals surface area contributed by atoms with Crippen LogP contribution in [0.4, 0.5) is 10.6 Å². The molecule has 4 unspecified atom stereocenters. The number of carbonyl (C=O) groups is 3. The van der Waals surface area contributed by atoms with Gasteiger partial charge in [-0.25, -0.2) is 19.7 Å². The van der Waals surface area contributed by atoms with E-state index in [0.717, 1.165) is 43.6 Å². The number of aliphatic hydroxyl groups is 2. The molecule has 4 amide bonds. The first kappa shape index (κ1) is 41.2. The van der Waals surface area contributed by atoms with Crippen molar-refractivity contribution in [3.63, 3.8) is 0 Å². The molecule has 0 saturated carbocycles. The Kier molecular flexibility index (Phi) is 13.7. The van der Waals surface area contributed by atoms with Crippen LogP contribution in [-0.2, 0) is 16.1 Å². The van der Waals surface area contributed by atoms with Crippen LogP contribution in [-0.4, -0.2) is 117 Å². The number of hydrogen-bond acceptors (Lipinski definition) is 11. The van der Waals surface area contributed by atoms with Gasteiger partial charge in [-0.1, -0.05) is 91.0 Å². The highest BCUT2D eigenvalue weighted by Crippen LogP contribution is 2.33. The van der Waals surface area contributed by atoms with E-state index in [0.29, 0.717) is 25.6 Å². The molecule has 2 fully saturated rings. The van der Waals surface area contributed by atoms with Crippen LogP contribution in [0.3, 0.4) is 0 Å². The molecule has 16 heteroatoms. The summed E-state index contributed by atoms with van der Waals surface area (Å²) in [5, 5.41) is 36.3. The lowest BCUT2D eigenvalue weighted by Crippen LogP contribution is -2.43. The van der Waals surface area contributed by atoms with Gasteiger partial charge in [0, 0.05) is 45.2 Å². The molecule has 2 aromatic heterocycles. The summed E-state index contributed by atoms with van der Waals surface area (Å²) in [4.78, 5) is 55.0. The van der Waals surface area contributed by atoms with Gasteiger partial charge in [0.25, 0.3) is 11.8 Å². The summed E-state index contributed by atoms with van der Waals surface area (Å²) in [5.74, 6) is -0.827. The Morgan fingerprint density at radius 3 is 2.12 bits per heavy atom. The second kappa shape index (κ2) is 19.7. The zero-order valence-corrected chi connectivity index (χ0v) is 33.0. The van der Waals surface area contributed by atoms with E-state index in [-0.39, 0.29) is 47.8 Å². The number of likely N-dealkylation sites (tertiary alicyclic amines) is 1. The number of rotatable bonds is 16. The molecule has 7 rings (SSSR count). The molecule has 310 valence electrons.